The monoisotopic (exact) mass is 399 g/mol. The average Bonchev–Trinajstić information content (AvgIpc) is 2.79. The van der Waals surface area contributed by atoms with Gasteiger partial charge < -0.3 is 5.32 Å². The summed E-state index contributed by atoms with van der Waals surface area (Å²) >= 11 is 7.12. The van der Waals surface area contributed by atoms with Crippen molar-refractivity contribution in [1.82, 2.24) is 15.1 Å². The first kappa shape index (κ1) is 15.7. The molecule has 3 nitrogen and oxygen atoms in total. The van der Waals surface area contributed by atoms with Crippen LogP contribution in [0.25, 0.3) is 0 Å². The minimum Gasteiger partial charge on any atom is -0.310 e. The molecule has 20 heavy (non-hydrogen) atoms. The molecule has 0 radical (unpaired) electrons. The summed E-state index contributed by atoms with van der Waals surface area (Å²) in [5.41, 5.74) is 2.38. The van der Waals surface area contributed by atoms with Gasteiger partial charge in [0.15, 0.2) is 0 Å². The second-order valence-electron chi connectivity index (χ2n) is 4.89. The Hall–Kier alpha value is -0.650. The minimum atomic E-state index is 0.277. The zero-order valence-electron chi connectivity index (χ0n) is 11.7. The number of nitrogens with zero attached hydrogens (tertiary/aromatic N) is 2. The van der Waals surface area contributed by atoms with Crippen LogP contribution in [0, 0.1) is 0 Å². The zero-order chi connectivity index (χ0) is 14.5. The molecule has 1 heterocycles. The highest BCUT2D eigenvalue weighted by Gasteiger charge is 2.14. The van der Waals surface area contributed by atoms with Gasteiger partial charge in [-0.05, 0) is 42.8 Å². The largest absolute Gasteiger partial charge is 0.310 e. The van der Waals surface area contributed by atoms with Crippen molar-refractivity contribution in [3.05, 3.63) is 50.7 Å². The molecular weight excluding hydrogens is 382 g/mol. The van der Waals surface area contributed by atoms with Crippen molar-refractivity contribution in [3.8, 4) is 0 Å². The highest BCUT2D eigenvalue weighted by atomic mass is 79.9. The van der Waals surface area contributed by atoms with Gasteiger partial charge in [-0.3, -0.25) is 4.68 Å². The van der Waals surface area contributed by atoms with Crippen LogP contribution in [0.2, 0.25) is 0 Å². The number of rotatable bonds is 6. The first-order valence-electron chi connectivity index (χ1n) is 6.76. The maximum absolute atomic E-state index is 4.48. The fourth-order valence-corrected chi connectivity index (χ4v) is 3.51. The molecule has 0 saturated heterocycles. The fraction of sp³-hybridized carbons (Fsp3) is 0.400. The molecule has 1 aromatic carbocycles. The van der Waals surface area contributed by atoms with E-state index < -0.39 is 0 Å². The van der Waals surface area contributed by atoms with Gasteiger partial charge in [-0.1, -0.05) is 38.8 Å². The average molecular weight is 401 g/mol. The molecule has 2 aromatic rings. The molecule has 108 valence electrons. The lowest BCUT2D eigenvalue weighted by atomic mass is 10.0. The normalized spacial score (nSPS) is 12.6. The number of aromatic nitrogens is 2. The molecule has 0 aliphatic heterocycles. The topological polar surface area (TPSA) is 29.9 Å². The van der Waals surface area contributed by atoms with Gasteiger partial charge in [-0.25, -0.2) is 0 Å². The zero-order valence-corrected chi connectivity index (χ0v) is 14.9. The van der Waals surface area contributed by atoms with E-state index in [1.807, 2.05) is 17.9 Å². The van der Waals surface area contributed by atoms with E-state index in [1.54, 1.807) is 0 Å². The maximum Gasteiger partial charge on any atom is 0.0643 e. The van der Waals surface area contributed by atoms with Crippen LogP contribution in [-0.2, 0) is 13.5 Å². The van der Waals surface area contributed by atoms with Crippen molar-refractivity contribution in [2.24, 2.45) is 7.05 Å². The lowest BCUT2D eigenvalue weighted by Gasteiger charge is -2.19. The second-order valence-corrected chi connectivity index (χ2v) is 6.73. The molecule has 5 heteroatoms. The smallest absolute Gasteiger partial charge is 0.0643 e. The van der Waals surface area contributed by atoms with Crippen molar-refractivity contribution >= 4 is 31.9 Å². The standard InChI is InChI=1S/C15H19Br2N3/c1-3-5-18-15(10-14-4-6-20(2)19-14)11-7-12(16)9-13(17)8-11/h4,6-9,15,18H,3,5,10H2,1-2H3. The van der Waals surface area contributed by atoms with E-state index in [0.29, 0.717) is 0 Å². The summed E-state index contributed by atoms with van der Waals surface area (Å²) < 4.78 is 4.03. The Labute approximate surface area is 137 Å². The van der Waals surface area contributed by atoms with Crippen LogP contribution < -0.4 is 5.32 Å². The third-order valence-electron chi connectivity index (χ3n) is 3.11. The van der Waals surface area contributed by atoms with E-state index in [1.165, 1.54) is 5.56 Å². The Morgan fingerprint density at radius 3 is 2.50 bits per heavy atom. The van der Waals surface area contributed by atoms with Gasteiger partial charge in [-0.2, -0.15) is 5.10 Å². The summed E-state index contributed by atoms with van der Waals surface area (Å²) in [6.45, 7) is 3.18. The summed E-state index contributed by atoms with van der Waals surface area (Å²) in [4.78, 5) is 0. The highest BCUT2D eigenvalue weighted by Crippen LogP contribution is 2.26. The number of hydrogen-bond donors (Lipinski definition) is 1. The van der Waals surface area contributed by atoms with E-state index in [4.69, 9.17) is 0 Å². The van der Waals surface area contributed by atoms with Crippen LogP contribution in [-0.4, -0.2) is 16.3 Å². The lowest BCUT2D eigenvalue weighted by Crippen LogP contribution is -2.24. The fourth-order valence-electron chi connectivity index (χ4n) is 2.18. The van der Waals surface area contributed by atoms with Crippen LogP contribution in [0.3, 0.4) is 0 Å². The molecule has 1 atom stereocenters. The molecule has 0 aliphatic carbocycles. The van der Waals surface area contributed by atoms with Gasteiger partial charge in [0.25, 0.3) is 0 Å². The number of aryl methyl sites for hydroxylation is 1. The predicted molar refractivity (Wildman–Crippen MR) is 89.8 cm³/mol. The quantitative estimate of drug-likeness (QED) is 0.786. The number of hydrogen-bond acceptors (Lipinski definition) is 2. The van der Waals surface area contributed by atoms with Crippen molar-refractivity contribution in [3.63, 3.8) is 0 Å². The molecule has 0 aliphatic rings. The van der Waals surface area contributed by atoms with Crippen LogP contribution in [0.15, 0.2) is 39.4 Å². The molecule has 0 fully saturated rings. The number of nitrogens with one attached hydrogen (secondary N) is 1. The molecule has 1 N–H and O–H groups in total. The van der Waals surface area contributed by atoms with Gasteiger partial charge in [0, 0.05) is 34.7 Å². The first-order valence-corrected chi connectivity index (χ1v) is 8.35. The van der Waals surface area contributed by atoms with Gasteiger partial charge >= 0.3 is 0 Å². The third kappa shape index (κ3) is 4.43. The summed E-state index contributed by atoms with van der Waals surface area (Å²) in [6.07, 6.45) is 4.00. The Kier molecular flexibility index (Phi) is 5.81. The van der Waals surface area contributed by atoms with Crippen LogP contribution in [0.1, 0.15) is 30.6 Å². The Balaban J connectivity index is 2.21. The van der Waals surface area contributed by atoms with Crippen molar-refractivity contribution in [2.75, 3.05) is 6.54 Å². The Bertz CT molecular complexity index is 546. The van der Waals surface area contributed by atoms with E-state index in [-0.39, 0.29) is 6.04 Å². The summed E-state index contributed by atoms with van der Waals surface area (Å²) in [6, 6.07) is 8.75. The lowest BCUT2D eigenvalue weighted by molar-refractivity contribution is 0.521. The molecule has 1 unspecified atom stereocenters. The van der Waals surface area contributed by atoms with Gasteiger partial charge in [0.1, 0.15) is 0 Å². The molecule has 0 bridgehead atoms. The first-order chi connectivity index (χ1) is 9.58. The van der Waals surface area contributed by atoms with Gasteiger partial charge in [0.2, 0.25) is 0 Å². The second kappa shape index (κ2) is 7.38. The Morgan fingerprint density at radius 2 is 1.95 bits per heavy atom. The molecule has 2 rings (SSSR count). The maximum atomic E-state index is 4.48. The summed E-state index contributed by atoms with van der Waals surface area (Å²) in [7, 11) is 1.95. The number of benzene rings is 1. The minimum absolute atomic E-state index is 0.277. The van der Waals surface area contributed by atoms with E-state index in [0.717, 1.165) is 34.0 Å². The van der Waals surface area contributed by atoms with E-state index in [2.05, 4.69) is 73.5 Å². The summed E-state index contributed by atoms with van der Waals surface area (Å²) in [5.74, 6) is 0. The van der Waals surface area contributed by atoms with Gasteiger partial charge in [0.05, 0.1) is 5.69 Å². The third-order valence-corrected chi connectivity index (χ3v) is 4.03. The van der Waals surface area contributed by atoms with Crippen LogP contribution >= 0.6 is 31.9 Å². The highest BCUT2D eigenvalue weighted by molar-refractivity contribution is 9.11. The van der Waals surface area contributed by atoms with Crippen molar-refractivity contribution in [2.45, 2.75) is 25.8 Å². The molecule has 0 spiro atoms. The van der Waals surface area contributed by atoms with Gasteiger partial charge in [-0.15, -0.1) is 0 Å². The molecule has 0 saturated carbocycles. The molecule has 0 amide bonds. The predicted octanol–water partition coefficient (Wildman–Crippen LogP) is 4.23. The van der Waals surface area contributed by atoms with Crippen molar-refractivity contribution in [1.29, 1.82) is 0 Å². The Morgan fingerprint density at radius 1 is 1.25 bits per heavy atom. The summed E-state index contributed by atoms with van der Waals surface area (Å²) in [5, 5.41) is 8.09. The SMILES string of the molecule is CCCNC(Cc1ccn(C)n1)c1cc(Br)cc(Br)c1. The molecule has 1 aromatic heterocycles. The van der Waals surface area contributed by atoms with Crippen LogP contribution in [0.4, 0.5) is 0 Å². The molecular formula is C15H19Br2N3. The van der Waals surface area contributed by atoms with Crippen molar-refractivity contribution < 1.29 is 0 Å². The van der Waals surface area contributed by atoms with E-state index >= 15 is 0 Å². The van der Waals surface area contributed by atoms with E-state index in [9.17, 15) is 0 Å². The number of halogens is 2. The van der Waals surface area contributed by atoms with Crippen LogP contribution in [0.5, 0.6) is 0 Å².